The van der Waals surface area contributed by atoms with Crippen LogP contribution >= 0.6 is 0 Å². The standard InChI is InChI=1S/C20H27FN2O2/c1-14-10-15(2)13-23(12-14)19(24)16-6-8-22(9-7-16)20(25)17-4-3-5-18(21)11-17/h3-5,11,14-16H,6-10,12-13H2,1-2H3/t14-,15+. The van der Waals surface area contributed by atoms with E-state index in [2.05, 4.69) is 13.8 Å². The van der Waals surface area contributed by atoms with Crippen LogP contribution in [0.2, 0.25) is 0 Å². The molecule has 0 radical (unpaired) electrons. The van der Waals surface area contributed by atoms with E-state index in [4.69, 9.17) is 0 Å². The Morgan fingerprint density at radius 1 is 1.04 bits per heavy atom. The summed E-state index contributed by atoms with van der Waals surface area (Å²) in [5.74, 6) is 0.824. The monoisotopic (exact) mass is 346 g/mol. The third-order valence-corrected chi connectivity index (χ3v) is 5.38. The second-order valence-corrected chi connectivity index (χ2v) is 7.77. The highest BCUT2D eigenvalue weighted by molar-refractivity contribution is 5.94. The predicted molar refractivity (Wildman–Crippen MR) is 94.6 cm³/mol. The highest BCUT2D eigenvalue weighted by Crippen LogP contribution is 2.26. The molecule has 2 amide bonds. The fourth-order valence-electron chi connectivity index (χ4n) is 4.23. The normalized spacial score (nSPS) is 25.1. The molecule has 3 rings (SSSR count). The molecule has 0 unspecified atom stereocenters. The van der Waals surface area contributed by atoms with Gasteiger partial charge in [0.1, 0.15) is 5.82 Å². The molecule has 2 atom stereocenters. The molecule has 0 saturated carbocycles. The van der Waals surface area contributed by atoms with Crippen LogP contribution in [0, 0.1) is 23.6 Å². The molecule has 5 heteroatoms. The van der Waals surface area contributed by atoms with Crippen LogP contribution in [-0.2, 0) is 4.79 Å². The molecule has 25 heavy (non-hydrogen) atoms. The Kier molecular flexibility index (Phi) is 5.40. The zero-order chi connectivity index (χ0) is 18.0. The van der Waals surface area contributed by atoms with E-state index >= 15 is 0 Å². The van der Waals surface area contributed by atoms with E-state index in [1.54, 1.807) is 17.0 Å². The quantitative estimate of drug-likeness (QED) is 0.825. The van der Waals surface area contributed by atoms with Gasteiger partial charge in [0.25, 0.3) is 5.91 Å². The Morgan fingerprint density at radius 2 is 1.68 bits per heavy atom. The molecule has 2 aliphatic rings. The van der Waals surface area contributed by atoms with Crippen molar-refractivity contribution in [2.24, 2.45) is 17.8 Å². The van der Waals surface area contributed by atoms with Crippen molar-refractivity contribution in [1.29, 1.82) is 0 Å². The van der Waals surface area contributed by atoms with Crippen molar-refractivity contribution in [2.45, 2.75) is 33.1 Å². The Hall–Kier alpha value is -1.91. The fourth-order valence-corrected chi connectivity index (χ4v) is 4.23. The van der Waals surface area contributed by atoms with E-state index in [-0.39, 0.29) is 17.7 Å². The topological polar surface area (TPSA) is 40.6 Å². The van der Waals surface area contributed by atoms with E-state index in [1.807, 2.05) is 4.90 Å². The number of likely N-dealkylation sites (tertiary alicyclic amines) is 2. The van der Waals surface area contributed by atoms with E-state index in [1.165, 1.54) is 18.6 Å². The van der Waals surface area contributed by atoms with Gasteiger partial charge in [-0.1, -0.05) is 19.9 Å². The molecular weight excluding hydrogens is 319 g/mol. The van der Waals surface area contributed by atoms with Gasteiger partial charge in [-0.3, -0.25) is 9.59 Å². The summed E-state index contributed by atoms with van der Waals surface area (Å²) in [5.41, 5.74) is 0.378. The molecule has 136 valence electrons. The van der Waals surface area contributed by atoms with Gasteiger partial charge in [-0.2, -0.15) is 0 Å². The number of hydrogen-bond donors (Lipinski definition) is 0. The fraction of sp³-hybridized carbons (Fsp3) is 0.600. The summed E-state index contributed by atoms with van der Waals surface area (Å²) in [7, 11) is 0. The minimum atomic E-state index is -0.399. The van der Waals surface area contributed by atoms with Crippen molar-refractivity contribution in [3.63, 3.8) is 0 Å². The molecule has 2 saturated heterocycles. The molecule has 4 nitrogen and oxygen atoms in total. The largest absolute Gasteiger partial charge is 0.342 e. The SMILES string of the molecule is C[C@@H]1C[C@H](C)CN(C(=O)C2CCN(C(=O)c3cccc(F)c3)CC2)C1. The van der Waals surface area contributed by atoms with Crippen LogP contribution in [-0.4, -0.2) is 47.8 Å². The molecule has 0 aliphatic carbocycles. The zero-order valence-corrected chi connectivity index (χ0v) is 15.1. The third kappa shape index (κ3) is 4.20. The highest BCUT2D eigenvalue weighted by Gasteiger charge is 2.33. The van der Waals surface area contributed by atoms with E-state index in [9.17, 15) is 14.0 Å². The Balaban J connectivity index is 1.56. The summed E-state index contributed by atoms with van der Waals surface area (Å²) in [6, 6.07) is 5.80. The smallest absolute Gasteiger partial charge is 0.253 e. The molecule has 0 bridgehead atoms. The first kappa shape index (κ1) is 17.9. The number of piperidine rings is 2. The predicted octanol–water partition coefficient (Wildman–Crippen LogP) is 3.18. The van der Waals surface area contributed by atoms with Gasteiger partial charge in [0.15, 0.2) is 0 Å². The van der Waals surface area contributed by atoms with Crippen LogP contribution < -0.4 is 0 Å². The minimum absolute atomic E-state index is 0.00839. The van der Waals surface area contributed by atoms with Crippen LogP contribution in [0.5, 0.6) is 0 Å². The number of rotatable bonds is 2. The highest BCUT2D eigenvalue weighted by atomic mass is 19.1. The van der Waals surface area contributed by atoms with Gasteiger partial charge in [-0.05, 0) is 49.3 Å². The van der Waals surface area contributed by atoms with Crippen LogP contribution in [0.4, 0.5) is 4.39 Å². The van der Waals surface area contributed by atoms with Crippen molar-refractivity contribution in [3.8, 4) is 0 Å². The Morgan fingerprint density at radius 3 is 2.28 bits per heavy atom. The summed E-state index contributed by atoms with van der Waals surface area (Å²) >= 11 is 0. The number of carbonyl (C=O) groups excluding carboxylic acids is 2. The maximum atomic E-state index is 13.3. The van der Waals surface area contributed by atoms with Crippen molar-refractivity contribution in [2.75, 3.05) is 26.2 Å². The third-order valence-electron chi connectivity index (χ3n) is 5.38. The molecule has 0 spiro atoms. The second kappa shape index (κ2) is 7.54. The molecule has 1 aromatic carbocycles. The average Bonchev–Trinajstić information content (AvgIpc) is 2.60. The Labute approximate surface area is 149 Å². The van der Waals surface area contributed by atoms with Gasteiger partial charge in [-0.25, -0.2) is 4.39 Å². The summed E-state index contributed by atoms with van der Waals surface area (Å²) < 4.78 is 13.3. The number of nitrogens with zero attached hydrogens (tertiary/aromatic N) is 2. The van der Waals surface area contributed by atoms with Crippen LogP contribution in [0.15, 0.2) is 24.3 Å². The van der Waals surface area contributed by atoms with Crippen LogP contribution in [0.25, 0.3) is 0 Å². The summed E-state index contributed by atoms with van der Waals surface area (Å²) in [4.78, 5) is 29.0. The lowest BCUT2D eigenvalue weighted by Gasteiger charge is -2.39. The molecule has 2 heterocycles. The van der Waals surface area contributed by atoms with Gasteiger partial charge in [0.2, 0.25) is 5.91 Å². The van der Waals surface area contributed by atoms with Crippen LogP contribution in [0.1, 0.15) is 43.5 Å². The first-order valence-corrected chi connectivity index (χ1v) is 9.27. The summed E-state index contributed by atoms with van der Waals surface area (Å²) in [5, 5.41) is 0. The van der Waals surface area contributed by atoms with Crippen molar-refractivity contribution in [1.82, 2.24) is 9.80 Å². The van der Waals surface area contributed by atoms with Crippen molar-refractivity contribution >= 4 is 11.8 Å². The lowest BCUT2D eigenvalue weighted by atomic mass is 9.89. The number of carbonyl (C=O) groups is 2. The van der Waals surface area contributed by atoms with Gasteiger partial charge in [0.05, 0.1) is 0 Å². The number of hydrogen-bond acceptors (Lipinski definition) is 2. The molecule has 2 fully saturated rings. The number of amides is 2. The average molecular weight is 346 g/mol. The van der Waals surface area contributed by atoms with Gasteiger partial charge < -0.3 is 9.80 Å². The molecule has 1 aromatic rings. The van der Waals surface area contributed by atoms with Crippen molar-refractivity contribution in [3.05, 3.63) is 35.6 Å². The second-order valence-electron chi connectivity index (χ2n) is 7.77. The summed E-state index contributed by atoms with van der Waals surface area (Å²) in [6.07, 6.45) is 2.57. The molecule has 0 aromatic heterocycles. The van der Waals surface area contributed by atoms with Gasteiger partial charge in [-0.15, -0.1) is 0 Å². The Bertz CT molecular complexity index is 630. The maximum absolute atomic E-state index is 13.3. The minimum Gasteiger partial charge on any atom is -0.342 e. The molecule has 2 aliphatic heterocycles. The lowest BCUT2D eigenvalue weighted by molar-refractivity contribution is -0.139. The lowest BCUT2D eigenvalue weighted by Crippen LogP contribution is -2.48. The van der Waals surface area contributed by atoms with Crippen molar-refractivity contribution < 1.29 is 14.0 Å². The van der Waals surface area contributed by atoms with E-state index < -0.39 is 5.82 Å². The molecular formula is C20H27FN2O2. The number of halogens is 1. The van der Waals surface area contributed by atoms with Gasteiger partial charge >= 0.3 is 0 Å². The molecule has 0 N–H and O–H groups in total. The maximum Gasteiger partial charge on any atom is 0.253 e. The van der Waals surface area contributed by atoms with E-state index in [0.717, 1.165) is 13.1 Å². The first-order valence-electron chi connectivity index (χ1n) is 9.27. The van der Waals surface area contributed by atoms with Gasteiger partial charge in [0, 0.05) is 37.7 Å². The zero-order valence-electron chi connectivity index (χ0n) is 15.1. The van der Waals surface area contributed by atoms with E-state index in [0.29, 0.717) is 43.3 Å². The van der Waals surface area contributed by atoms with Crippen LogP contribution in [0.3, 0.4) is 0 Å². The number of benzene rings is 1. The summed E-state index contributed by atoms with van der Waals surface area (Å²) in [6.45, 7) is 7.24. The first-order chi connectivity index (χ1) is 11.9.